The Bertz CT molecular complexity index is 728. The molecule has 0 saturated heterocycles. The second-order valence-electron chi connectivity index (χ2n) is 3.92. The number of rotatable bonds is 5. The fourth-order valence-corrected chi connectivity index (χ4v) is 1.65. The van der Waals surface area contributed by atoms with Crippen LogP contribution in [0.5, 0.6) is 11.5 Å². The maximum absolute atomic E-state index is 11.0. The maximum Gasteiger partial charge on any atom is 0.311 e. The number of nitrogens with zero attached hydrogens (tertiary/aromatic N) is 2. The highest BCUT2D eigenvalue weighted by atomic mass is 16.6. The van der Waals surface area contributed by atoms with Crippen molar-refractivity contribution in [3.05, 3.63) is 68.3 Å². The lowest BCUT2D eigenvalue weighted by molar-refractivity contribution is -0.385. The van der Waals surface area contributed by atoms with Crippen LogP contribution in [-0.4, -0.2) is 16.1 Å². The van der Waals surface area contributed by atoms with Crippen LogP contribution in [0.3, 0.4) is 0 Å². The van der Waals surface area contributed by atoms with E-state index in [1.807, 2.05) is 0 Å². The number of hydrogen-bond donors (Lipinski definition) is 0. The first kappa shape index (κ1) is 14.1. The van der Waals surface area contributed by atoms with E-state index in [2.05, 4.69) is 0 Å². The van der Waals surface area contributed by atoms with Crippen molar-refractivity contribution in [2.75, 3.05) is 0 Å². The predicted molar refractivity (Wildman–Crippen MR) is 71.7 cm³/mol. The predicted octanol–water partition coefficient (Wildman–Crippen LogP) is 3.11. The van der Waals surface area contributed by atoms with Crippen molar-refractivity contribution in [2.45, 2.75) is 0 Å². The summed E-state index contributed by atoms with van der Waals surface area (Å²) in [5.41, 5.74) is -0.609. The van der Waals surface area contributed by atoms with E-state index in [-0.39, 0.29) is 28.4 Å². The largest absolute Gasteiger partial charge is 0.449 e. The summed E-state index contributed by atoms with van der Waals surface area (Å²) in [5.74, 6) is -0.0515. The number of nitro benzene ring substituents is 2. The number of hydrogen-bond acceptors (Lipinski definition) is 6. The average Bonchev–Trinajstić information content (AvgIpc) is 2.47. The molecule has 0 amide bonds. The van der Waals surface area contributed by atoms with E-state index in [0.29, 0.717) is 6.29 Å². The lowest BCUT2D eigenvalue weighted by atomic mass is 10.2. The first-order valence-electron chi connectivity index (χ1n) is 5.68. The molecular weight excluding hydrogens is 280 g/mol. The highest BCUT2D eigenvalue weighted by molar-refractivity contribution is 5.81. The molecular formula is C13H8N2O6. The molecule has 0 aliphatic carbocycles. The van der Waals surface area contributed by atoms with Crippen LogP contribution in [0.2, 0.25) is 0 Å². The number of carbonyl (C=O) groups is 1. The van der Waals surface area contributed by atoms with Gasteiger partial charge in [-0.3, -0.25) is 25.0 Å². The van der Waals surface area contributed by atoms with Gasteiger partial charge in [0.05, 0.1) is 15.4 Å². The van der Waals surface area contributed by atoms with Gasteiger partial charge in [-0.05, 0) is 12.1 Å². The van der Waals surface area contributed by atoms with E-state index in [9.17, 15) is 25.0 Å². The van der Waals surface area contributed by atoms with Crippen LogP contribution in [0.15, 0.2) is 42.5 Å². The third-order valence-corrected chi connectivity index (χ3v) is 2.61. The molecule has 0 fully saturated rings. The van der Waals surface area contributed by atoms with Gasteiger partial charge in [0.2, 0.25) is 5.75 Å². The highest BCUT2D eigenvalue weighted by Crippen LogP contribution is 2.33. The molecule has 0 radical (unpaired) electrons. The molecule has 0 aliphatic rings. The molecule has 0 saturated carbocycles. The van der Waals surface area contributed by atoms with Crippen LogP contribution in [0.4, 0.5) is 11.4 Å². The van der Waals surface area contributed by atoms with Crippen molar-refractivity contribution in [2.24, 2.45) is 0 Å². The Kier molecular flexibility index (Phi) is 3.89. The Morgan fingerprint density at radius 3 is 2.29 bits per heavy atom. The zero-order valence-electron chi connectivity index (χ0n) is 10.5. The van der Waals surface area contributed by atoms with Crippen LogP contribution in [-0.2, 0) is 0 Å². The third kappa shape index (κ3) is 3.00. The zero-order valence-corrected chi connectivity index (χ0v) is 10.5. The van der Waals surface area contributed by atoms with Gasteiger partial charge in [-0.1, -0.05) is 12.1 Å². The van der Waals surface area contributed by atoms with Gasteiger partial charge >= 0.3 is 5.69 Å². The van der Waals surface area contributed by atoms with Crippen molar-refractivity contribution in [1.82, 2.24) is 0 Å². The molecule has 0 N–H and O–H groups in total. The number of benzene rings is 2. The fraction of sp³-hybridized carbons (Fsp3) is 0. The van der Waals surface area contributed by atoms with Gasteiger partial charge < -0.3 is 4.74 Å². The van der Waals surface area contributed by atoms with E-state index in [1.54, 1.807) is 0 Å². The van der Waals surface area contributed by atoms with Crippen LogP contribution in [0.1, 0.15) is 10.4 Å². The summed E-state index contributed by atoms with van der Waals surface area (Å²) in [4.78, 5) is 31.2. The lowest BCUT2D eigenvalue weighted by Crippen LogP contribution is -1.96. The first-order chi connectivity index (χ1) is 10.0. The monoisotopic (exact) mass is 288 g/mol. The molecule has 2 aromatic rings. The number of nitro groups is 2. The average molecular weight is 288 g/mol. The summed E-state index contributed by atoms with van der Waals surface area (Å²) in [5, 5.41) is 21.5. The summed E-state index contributed by atoms with van der Waals surface area (Å²) in [6.07, 6.45) is 0.386. The molecule has 8 nitrogen and oxygen atoms in total. The SMILES string of the molecule is O=Cc1cc([N+](=O)[O-])ccc1Oc1ccccc1[N+](=O)[O-]. The number of non-ortho nitro benzene ring substituents is 1. The summed E-state index contributed by atoms with van der Waals surface area (Å²) in [6.45, 7) is 0. The van der Waals surface area contributed by atoms with Gasteiger partial charge in [0.15, 0.2) is 6.29 Å². The van der Waals surface area contributed by atoms with E-state index < -0.39 is 9.85 Å². The van der Waals surface area contributed by atoms with Crippen LogP contribution in [0, 0.1) is 20.2 Å². The van der Waals surface area contributed by atoms with Gasteiger partial charge in [-0.15, -0.1) is 0 Å². The van der Waals surface area contributed by atoms with Crippen molar-refractivity contribution >= 4 is 17.7 Å². The minimum atomic E-state index is -0.651. The van der Waals surface area contributed by atoms with Crippen LogP contribution in [0.25, 0.3) is 0 Å². The molecule has 106 valence electrons. The van der Waals surface area contributed by atoms with E-state index in [1.165, 1.54) is 30.3 Å². The lowest BCUT2D eigenvalue weighted by Gasteiger charge is -2.07. The van der Waals surface area contributed by atoms with Crippen molar-refractivity contribution < 1.29 is 19.4 Å². The normalized spacial score (nSPS) is 9.90. The van der Waals surface area contributed by atoms with E-state index in [0.717, 1.165) is 12.1 Å². The Balaban J connectivity index is 2.43. The van der Waals surface area contributed by atoms with Crippen LogP contribution >= 0.6 is 0 Å². The summed E-state index contributed by atoms with van der Waals surface area (Å²) in [6, 6.07) is 9.04. The number of carbonyl (C=O) groups excluding carboxylic acids is 1. The van der Waals surface area contributed by atoms with Gasteiger partial charge in [-0.2, -0.15) is 0 Å². The zero-order chi connectivity index (χ0) is 15.4. The molecule has 0 heterocycles. The summed E-state index contributed by atoms with van der Waals surface area (Å²) < 4.78 is 5.33. The third-order valence-electron chi connectivity index (χ3n) is 2.61. The van der Waals surface area contributed by atoms with E-state index in [4.69, 9.17) is 4.74 Å². The molecule has 21 heavy (non-hydrogen) atoms. The van der Waals surface area contributed by atoms with Crippen molar-refractivity contribution in [3.63, 3.8) is 0 Å². The maximum atomic E-state index is 11.0. The highest BCUT2D eigenvalue weighted by Gasteiger charge is 2.17. The Labute approximate surface area is 117 Å². The Morgan fingerprint density at radius 1 is 0.952 bits per heavy atom. The molecule has 2 aromatic carbocycles. The number of para-hydroxylation sites is 2. The van der Waals surface area contributed by atoms with Crippen LogP contribution < -0.4 is 4.74 Å². The molecule has 0 atom stereocenters. The molecule has 0 unspecified atom stereocenters. The van der Waals surface area contributed by atoms with Crippen molar-refractivity contribution in [3.8, 4) is 11.5 Å². The van der Waals surface area contributed by atoms with Gasteiger partial charge in [0, 0.05) is 18.2 Å². The van der Waals surface area contributed by atoms with Gasteiger partial charge in [0.25, 0.3) is 5.69 Å². The molecule has 0 spiro atoms. The molecule has 8 heteroatoms. The minimum absolute atomic E-state index is 0.00454. The first-order valence-corrected chi connectivity index (χ1v) is 5.68. The van der Waals surface area contributed by atoms with Gasteiger partial charge in [0.1, 0.15) is 5.75 Å². The molecule has 2 rings (SSSR count). The second kappa shape index (κ2) is 5.78. The topological polar surface area (TPSA) is 113 Å². The number of ether oxygens (including phenoxy) is 1. The van der Waals surface area contributed by atoms with Crippen molar-refractivity contribution in [1.29, 1.82) is 0 Å². The summed E-state index contributed by atoms with van der Waals surface area (Å²) in [7, 11) is 0. The Morgan fingerprint density at radius 2 is 1.67 bits per heavy atom. The number of aldehydes is 1. The minimum Gasteiger partial charge on any atom is -0.449 e. The molecule has 0 aromatic heterocycles. The molecule has 0 aliphatic heterocycles. The smallest absolute Gasteiger partial charge is 0.311 e. The Hall–Kier alpha value is -3.29. The quantitative estimate of drug-likeness (QED) is 0.474. The standard InChI is InChI=1S/C13H8N2O6/c16-8-9-7-10(14(17)18)5-6-12(9)21-13-4-2-1-3-11(13)15(19)20/h1-8H. The van der Waals surface area contributed by atoms with Gasteiger partial charge in [-0.25, -0.2) is 0 Å². The fourth-order valence-electron chi connectivity index (χ4n) is 1.65. The van der Waals surface area contributed by atoms with E-state index >= 15 is 0 Å². The second-order valence-corrected chi connectivity index (χ2v) is 3.92. The molecule has 0 bridgehead atoms. The summed E-state index contributed by atoms with van der Waals surface area (Å²) >= 11 is 0.